The van der Waals surface area contributed by atoms with Gasteiger partial charge in [-0.3, -0.25) is 0 Å². The van der Waals surface area contributed by atoms with E-state index in [1.54, 1.807) is 6.92 Å². The SMILES string of the molecule is CC(CNC1CC1)S(=O)(=O)NC1CCCC1(C)C. The largest absolute Gasteiger partial charge is 0.313 e. The summed E-state index contributed by atoms with van der Waals surface area (Å²) in [5.41, 5.74) is 0.0940. The van der Waals surface area contributed by atoms with E-state index in [1.807, 2.05) is 0 Å². The van der Waals surface area contributed by atoms with Crippen LogP contribution >= 0.6 is 0 Å². The van der Waals surface area contributed by atoms with E-state index in [4.69, 9.17) is 0 Å². The first kappa shape index (κ1) is 14.3. The molecule has 2 N–H and O–H groups in total. The van der Waals surface area contributed by atoms with Gasteiger partial charge in [0.1, 0.15) is 0 Å². The molecule has 2 unspecified atom stereocenters. The molecule has 4 nitrogen and oxygen atoms in total. The lowest BCUT2D eigenvalue weighted by atomic mass is 9.88. The minimum absolute atomic E-state index is 0.0940. The third-order valence-corrected chi connectivity index (χ3v) is 6.20. The van der Waals surface area contributed by atoms with Gasteiger partial charge < -0.3 is 5.32 Å². The molecule has 5 heteroatoms. The van der Waals surface area contributed by atoms with Crippen LogP contribution in [0, 0.1) is 5.41 Å². The Labute approximate surface area is 111 Å². The zero-order valence-corrected chi connectivity index (χ0v) is 12.5. The molecule has 18 heavy (non-hydrogen) atoms. The third-order valence-electron chi connectivity index (χ3n) is 4.36. The highest BCUT2D eigenvalue weighted by atomic mass is 32.2. The van der Waals surface area contributed by atoms with E-state index in [2.05, 4.69) is 23.9 Å². The molecule has 0 amide bonds. The number of hydrogen-bond donors (Lipinski definition) is 2. The van der Waals surface area contributed by atoms with Crippen LogP contribution in [-0.4, -0.2) is 32.3 Å². The van der Waals surface area contributed by atoms with Gasteiger partial charge in [-0.15, -0.1) is 0 Å². The maximum absolute atomic E-state index is 12.3. The Morgan fingerprint density at radius 2 is 1.94 bits per heavy atom. The molecule has 106 valence electrons. The van der Waals surface area contributed by atoms with Gasteiger partial charge in [0, 0.05) is 18.6 Å². The lowest BCUT2D eigenvalue weighted by molar-refractivity contribution is 0.312. The molecule has 0 radical (unpaired) electrons. The van der Waals surface area contributed by atoms with Crippen molar-refractivity contribution in [3.63, 3.8) is 0 Å². The van der Waals surface area contributed by atoms with Crippen LogP contribution < -0.4 is 10.0 Å². The lowest BCUT2D eigenvalue weighted by Crippen LogP contribution is -2.47. The van der Waals surface area contributed by atoms with Gasteiger partial charge in [0.2, 0.25) is 10.0 Å². The molecule has 0 saturated heterocycles. The van der Waals surface area contributed by atoms with Gasteiger partial charge in [-0.05, 0) is 38.0 Å². The smallest absolute Gasteiger partial charge is 0.215 e. The van der Waals surface area contributed by atoms with Crippen molar-refractivity contribution < 1.29 is 8.42 Å². The van der Waals surface area contributed by atoms with Gasteiger partial charge in [0.05, 0.1) is 5.25 Å². The quantitative estimate of drug-likeness (QED) is 0.774. The Balaban J connectivity index is 1.89. The van der Waals surface area contributed by atoms with Crippen molar-refractivity contribution in [2.24, 2.45) is 5.41 Å². The zero-order valence-electron chi connectivity index (χ0n) is 11.7. The molecule has 0 aromatic heterocycles. The predicted octanol–water partition coefficient (Wildman–Crippen LogP) is 1.62. The van der Waals surface area contributed by atoms with E-state index in [0.717, 1.165) is 19.3 Å². The molecule has 2 saturated carbocycles. The first-order chi connectivity index (χ1) is 8.31. The highest BCUT2D eigenvalue weighted by Crippen LogP contribution is 2.37. The van der Waals surface area contributed by atoms with Crippen molar-refractivity contribution in [3.8, 4) is 0 Å². The molecule has 2 fully saturated rings. The van der Waals surface area contributed by atoms with Crippen LogP contribution in [0.2, 0.25) is 0 Å². The van der Waals surface area contributed by atoms with E-state index in [9.17, 15) is 8.42 Å². The van der Waals surface area contributed by atoms with Gasteiger partial charge in [-0.2, -0.15) is 0 Å². The summed E-state index contributed by atoms with van der Waals surface area (Å²) >= 11 is 0. The van der Waals surface area contributed by atoms with Gasteiger partial charge in [-0.25, -0.2) is 13.1 Å². The van der Waals surface area contributed by atoms with Crippen LogP contribution in [0.4, 0.5) is 0 Å². The second-order valence-corrected chi connectivity index (χ2v) is 8.72. The summed E-state index contributed by atoms with van der Waals surface area (Å²) in [6, 6.07) is 0.663. The second kappa shape index (κ2) is 5.10. The molecule has 0 aliphatic heterocycles. The topological polar surface area (TPSA) is 58.2 Å². The lowest BCUT2D eigenvalue weighted by Gasteiger charge is -2.29. The zero-order chi connectivity index (χ0) is 13.4. The normalized spacial score (nSPS) is 29.4. The molecular weight excluding hydrogens is 248 g/mol. The van der Waals surface area contributed by atoms with E-state index in [0.29, 0.717) is 12.6 Å². The van der Waals surface area contributed by atoms with E-state index in [1.165, 1.54) is 12.8 Å². The summed E-state index contributed by atoms with van der Waals surface area (Å²) in [6.45, 7) is 6.66. The number of hydrogen-bond acceptors (Lipinski definition) is 3. The van der Waals surface area contributed by atoms with Crippen LogP contribution in [-0.2, 0) is 10.0 Å². The van der Waals surface area contributed by atoms with E-state index >= 15 is 0 Å². The van der Waals surface area contributed by atoms with Gasteiger partial charge in [0.15, 0.2) is 0 Å². The molecule has 2 atom stereocenters. The molecular formula is C13H26N2O2S. The van der Waals surface area contributed by atoms with Gasteiger partial charge >= 0.3 is 0 Å². The fourth-order valence-electron chi connectivity index (χ4n) is 2.59. The van der Waals surface area contributed by atoms with E-state index in [-0.39, 0.29) is 16.7 Å². The van der Waals surface area contributed by atoms with Crippen LogP contribution in [0.15, 0.2) is 0 Å². The number of nitrogens with one attached hydrogen (secondary N) is 2. The Bertz CT molecular complexity index is 388. The average Bonchev–Trinajstić information content (AvgIpc) is 3.02. The van der Waals surface area contributed by atoms with Crippen LogP contribution in [0.25, 0.3) is 0 Å². The molecule has 2 aliphatic carbocycles. The molecule has 0 spiro atoms. The Hall–Kier alpha value is -0.130. The highest BCUT2D eigenvalue weighted by Gasteiger charge is 2.38. The van der Waals surface area contributed by atoms with Crippen molar-refractivity contribution in [3.05, 3.63) is 0 Å². The maximum atomic E-state index is 12.3. The maximum Gasteiger partial charge on any atom is 0.215 e. The first-order valence-corrected chi connectivity index (χ1v) is 8.60. The van der Waals surface area contributed by atoms with Gasteiger partial charge in [0.25, 0.3) is 0 Å². The first-order valence-electron chi connectivity index (χ1n) is 7.06. The standard InChI is InChI=1S/C13H26N2O2S/c1-10(9-14-11-6-7-11)18(16,17)15-12-5-4-8-13(12,2)3/h10-12,14-15H,4-9H2,1-3H3. The summed E-state index contributed by atoms with van der Waals surface area (Å²) in [6.07, 6.45) is 5.57. The van der Waals surface area contributed by atoms with Crippen molar-refractivity contribution in [1.82, 2.24) is 10.0 Å². The number of sulfonamides is 1. The monoisotopic (exact) mass is 274 g/mol. The molecule has 0 bridgehead atoms. The van der Waals surface area contributed by atoms with Crippen molar-refractivity contribution in [1.29, 1.82) is 0 Å². The summed E-state index contributed by atoms with van der Waals surface area (Å²) in [4.78, 5) is 0. The summed E-state index contributed by atoms with van der Waals surface area (Å²) < 4.78 is 27.4. The Kier molecular flexibility index (Phi) is 4.04. The highest BCUT2D eigenvalue weighted by molar-refractivity contribution is 7.90. The van der Waals surface area contributed by atoms with Gasteiger partial charge in [-0.1, -0.05) is 20.3 Å². The van der Waals surface area contributed by atoms with Crippen LogP contribution in [0.3, 0.4) is 0 Å². The molecule has 2 rings (SSSR count). The fourth-order valence-corrected chi connectivity index (χ4v) is 3.97. The van der Waals surface area contributed by atoms with Crippen molar-refractivity contribution in [2.45, 2.75) is 70.2 Å². The van der Waals surface area contributed by atoms with Crippen LogP contribution in [0.5, 0.6) is 0 Å². The third kappa shape index (κ3) is 3.45. The summed E-state index contributed by atoms with van der Waals surface area (Å²) in [5, 5.41) is 2.94. The molecule has 0 aromatic rings. The molecule has 0 aromatic carbocycles. The fraction of sp³-hybridized carbons (Fsp3) is 1.00. The molecule has 0 heterocycles. The van der Waals surface area contributed by atoms with Crippen molar-refractivity contribution in [2.75, 3.05) is 6.54 Å². The summed E-state index contributed by atoms with van der Waals surface area (Å²) in [5.74, 6) is 0. The number of rotatable bonds is 6. The van der Waals surface area contributed by atoms with E-state index < -0.39 is 10.0 Å². The Morgan fingerprint density at radius 3 is 2.44 bits per heavy atom. The second-order valence-electron chi connectivity index (χ2n) is 6.59. The predicted molar refractivity (Wildman–Crippen MR) is 74.0 cm³/mol. The van der Waals surface area contributed by atoms with Crippen LogP contribution in [0.1, 0.15) is 52.9 Å². The summed E-state index contributed by atoms with van der Waals surface area (Å²) in [7, 11) is -3.20. The van der Waals surface area contributed by atoms with Crippen molar-refractivity contribution >= 4 is 10.0 Å². The minimum atomic E-state index is -3.20. The minimum Gasteiger partial charge on any atom is -0.313 e. The molecule has 2 aliphatic rings. The Morgan fingerprint density at radius 1 is 1.28 bits per heavy atom. The average molecular weight is 274 g/mol.